The number of fused-ring (bicyclic) bond motifs is 8. The molecule has 0 N–H and O–H groups in total. The van der Waals surface area contributed by atoms with Crippen molar-refractivity contribution in [2.24, 2.45) is 0 Å². The van der Waals surface area contributed by atoms with Crippen LogP contribution in [0.2, 0.25) is 0 Å². The second kappa shape index (κ2) is 17.2. The van der Waals surface area contributed by atoms with Gasteiger partial charge in [-0.1, -0.05) is 216 Å². The number of hydrogen-bond acceptors (Lipinski definition) is 5. The van der Waals surface area contributed by atoms with Crippen LogP contribution in [0.25, 0.3) is 33.4 Å². The Bertz CT molecular complexity index is 3950. The lowest BCUT2D eigenvalue weighted by molar-refractivity contribution is 0.485. The van der Waals surface area contributed by atoms with Gasteiger partial charge < -0.3 is 14.5 Å². The topological polar surface area (TPSA) is 15.7 Å². The molecule has 0 atom stereocenters. The van der Waals surface area contributed by atoms with Gasteiger partial charge >= 0.3 is 0 Å². The van der Waals surface area contributed by atoms with E-state index < -0.39 is 0 Å². The minimum absolute atomic E-state index is 0.00143. The summed E-state index contributed by atoms with van der Waals surface area (Å²) in [6.07, 6.45) is 0. The largest absolute Gasteiger partial charge is 0.458 e. The molecular weight excluding hydrogens is 922 g/mol. The number of rotatable bonds is 7. The maximum Gasteiger partial charge on any atom is 0.253 e. The molecule has 4 aliphatic heterocycles. The highest BCUT2D eigenvalue weighted by Gasteiger charge is 2.45. The SMILES string of the molecule is c1ccc(-c2ccccc2-c2cc3c4c(c2)Sc2ccccc2B4c2cc4c(cc2O3)Sc2cc(N(c3ccccc3)c3ccccc3)cc3c2B4c2ccccc2N3c2ccccc2-c2ccccc2)cc1. The lowest BCUT2D eigenvalue weighted by atomic mass is 9.32. The molecule has 0 bridgehead atoms. The van der Waals surface area contributed by atoms with Crippen LogP contribution in [0.4, 0.5) is 34.1 Å². The van der Waals surface area contributed by atoms with Crippen LogP contribution in [-0.4, -0.2) is 13.4 Å². The van der Waals surface area contributed by atoms with Crippen LogP contribution in [0.3, 0.4) is 0 Å². The van der Waals surface area contributed by atoms with Gasteiger partial charge in [-0.2, -0.15) is 0 Å². The van der Waals surface area contributed by atoms with Gasteiger partial charge in [0.15, 0.2) is 0 Å². The second-order valence-electron chi connectivity index (χ2n) is 19.1. The number of anilines is 6. The molecule has 4 heterocycles. The Hall–Kier alpha value is -8.35. The van der Waals surface area contributed by atoms with Crippen molar-refractivity contribution in [2.45, 2.75) is 19.6 Å². The summed E-state index contributed by atoms with van der Waals surface area (Å²) < 4.78 is 7.34. The third-order valence-corrected chi connectivity index (χ3v) is 17.3. The van der Waals surface area contributed by atoms with E-state index in [0.717, 1.165) is 39.8 Å². The van der Waals surface area contributed by atoms with Gasteiger partial charge in [-0.05, 0) is 122 Å². The Labute approximate surface area is 435 Å². The molecule has 0 saturated carbocycles. The molecule has 340 valence electrons. The van der Waals surface area contributed by atoms with Gasteiger partial charge in [0, 0.05) is 53.6 Å². The summed E-state index contributed by atoms with van der Waals surface area (Å²) >= 11 is 3.74. The van der Waals surface area contributed by atoms with Crippen molar-refractivity contribution < 1.29 is 4.74 Å². The van der Waals surface area contributed by atoms with E-state index in [2.05, 4.69) is 265 Å². The zero-order chi connectivity index (χ0) is 48.0. The monoisotopic (exact) mass is 964 g/mol. The van der Waals surface area contributed by atoms with Crippen molar-refractivity contribution >= 4 is 104 Å². The summed E-state index contributed by atoms with van der Waals surface area (Å²) in [5.74, 6) is 1.85. The molecule has 11 aromatic carbocycles. The number of hydrogen-bond donors (Lipinski definition) is 0. The zero-order valence-electron chi connectivity index (χ0n) is 39.5. The molecule has 4 aliphatic rings. The molecule has 15 rings (SSSR count). The van der Waals surface area contributed by atoms with Crippen molar-refractivity contribution in [3.63, 3.8) is 0 Å². The molecule has 0 fully saturated rings. The van der Waals surface area contributed by atoms with Gasteiger partial charge in [0.25, 0.3) is 6.71 Å². The van der Waals surface area contributed by atoms with E-state index in [1.807, 2.05) is 23.5 Å². The lowest BCUT2D eigenvalue weighted by Gasteiger charge is -2.42. The molecule has 0 amide bonds. The van der Waals surface area contributed by atoms with Gasteiger partial charge in [0.2, 0.25) is 6.71 Å². The van der Waals surface area contributed by atoms with Crippen molar-refractivity contribution in [1.82, 2.24) is 0 Å². The normalized spacial score (nSPS) is 13.1. The molecule has 7 heteroatoms. The summed E-state index contributed by atoms with van der Waals surface area (Å²) in [4.78, 5) is 9.93. The Balaban J connectivity index is 0.956. The molecule has 0 radical (unpaired) electrons. The van der Waals surface area contributed by atoms with Gasteiger partial charge in [0.05, 0.1) is 5.69 Å². The van der Waals surface area contributed by atoms with E-state index in [4.69, 9.17) is 4.74 Å². The quantitative estimate of drug-likeness (QED) is 0.147. The number of benzene rings is 11. The molecule has 0 unspecified atom stereocenters. The highest BCUT2D eigenvalue weighted by atomic mass is 32.2. The van der Waals surface area contributed by atoms with E-state index >= 15 is 0 Å². The summed E-state index contributed by atoms with van der Waals surface area (Å²) in [6, 6.07) is 93.4. The van der Waals surface area contributed by atoms with E-state index in [0.29, 0.717) is 0 Å². The van der Waals surface area contributed by atoms with Gasteiger partial charge in [-0.3, -0.25) is 0 Å². The van der Waals surface area contributed by atoms with Crippen molar-refractivity contribution in [1.29, 1.82) is 0 Å². The predicted molar refractivity (Wildman–Crippen MR) is 309 cm³/mol. The van der Waals surface area contributed by atoms with Gasteiger partial charge in [-0.15, -0.1) is 0 Å². The number of nitrogens with zero attached hydrogens (tertiary/aromatic N) is 2. The standard InChI is InChI=1S/C66H42B2N2OS2/c1-5-21-43(22-6-1)49-29-13-14-30-50(49)45-37-60-66-63(38-45)72-61-36-20-17-33-53(61)68(66)54-41-55-62(42-59(54)71-60)73-64-40-48(69(46-25-9-3-10-26-46)47-27-11-4-12-28-47)39-58-65(64)67(55)52-32-16-19-35-57(52)70(58)56-34-18-15-31-51(56)44-23-7-2-8-24-44/h1-42H. The van der Waals surface area contributed by atoms with Crippen LogP contribution >= 0.6 is 23.5 Å². The molecule has 73 heavy (non-hydrogen) atoms. The van der Waals surface area contributed by atoms with Crippen LogP contribution in [0, 0.1) is 0 Å². The lowest BCUT2D eigenvalue weighted by Crippen LogP contribution is -2.63. The van der Waals surface area contributed by atoms with Crippen LogP contribution in [0.15, 0.2) is 274 Å². The first kappa shape index (κ1) is 42.3. The molecule has 0 spiro atoms. The Kier molecular flexibility index (Phi) is 9.95. The smallest absolute Gasteiger partial charge is 0.253 e. The fraction of sp³-hybridized carbons (Fsp3) is 0. The van der Waals surface area contributed by atoms with E-state index in [1.165, 1.54) is 91.6 Å². The van der Waals surface area contributed by atoms with E-state index in [1.54, 1.807) is 0 Å². The summed E-state index contributed by atoms with van der Waals surface area (Å²) in [7, 11) is 0. The zero-order valence-corrected chi connectivity index (χ0v) is 41.2. The third kappa shape index (κ3) is 6.87. The predicted octanol–water partition coefficient (Wildman–Crippen LogP) is 14.0. The third-order valence-electron chi connectivity index (χ3n) is 15.0. The summed E-state index contributed by atoms with van der Waals surface area (Å²) in [6.45, 7) is -0.0358. The first-order valence-corrected chi connectivity index (χ1v) is 26.6. The van der Waals surface area contributed by atoms with E-state index in [-0.39, 0.29) is 13.4 Å². The summed E-state index contributed by atoms with van der Waals surface area (Å²) in [5.41, 5.74) is 21.6. The van der Waals surface area contributed by atoms with Gasteiger partial charge in [0.1, 0.15) is 11.5 Å². The highest BCUT2D eigenvalue weighted by Crippen LogP contribution is 2.49. The number of para-hydroxylation sites is 4. The average Bonchev–Trinajstić information content (AvgIpc) is 3.46. The average molecular weight is 965 g/mol. The Morgan fingerprint density at radius 1 is 0.315 bits per heavy atom. The maximum atomic E-state index is 7.34. The van der Waals surface area contributed by atoms with Gasteiger partial charge in [-0.25, -0.2) is 0 Å². The van der Waals surface area contributed by atoms with Crippen LogP contribution < -0.4 is 47.3 Å². The fourth-order valence-corrected chi connectivity index (χ4v) is 14.3. The first-order chi connectivity index (χ1) is 36.2. The molecule has 11 aromatic rings. The van der Waals surface area contributed by atoms with Crippen LogP contribution in [0.5, 0.6) is 11.5 Å². The molecule has 3 nitrogen and oxygen atoms in total. The van der Waals surface area contributed by atoms with Crippen LogP contribution in [-0.2, 0) is 0 Å². The van der Waals surface area contributed by atoms with Crippen molar-refractivity contribution in [3.8, 4) is 44.9 Å². The van der Waals surface area contributed by atoms with E-state index in [9.17, 15) is 0 Å². The van der Waals surface area contributed by atoms with Crippen molar-refractivity contribution in [3.05, 3.63) is 255 Å². The number of ether oxygens (including phenoxy) is 1. The molecule has 0 aromatic heterocycles. The first-order valence-electron chi connectivity index (χ1n) is 25.0. The molecular formula is C66H42B2N2OS2. The Morgan fingerprint density at radius 2 is 0.849 bits per heavy atom. The van der Waals surface area contributed by atoms with Crippen LogP contribution in [0.1, 0.15) is 0 Å². The molecule has 0 saturated heterocycles. The van der Waals surface area contributed by atoms with Crippen molar-refractivity contribution in [2.75, 3.05) is 9.80 Å². The second-order valence-corrected chi connectivity index (χ2v) is 21.3. The fourth-order valence-electron chi connectivity index (χ4n) is 11.9. The summed E-state index contributed by atoms with van der Waals surface area (Å²) in [5, 5.41) is 0. The minimum Gasteiger partial charge on any atom is -0.458 e. The Morgan fingerprint density at radius 3 is 1.56 bits per heavy atom. The highest BCUT2D eigenvalue weighted by molar-refractivity contribution is 8.00. The molecule has 0 aliphatic carbocycles. The maximum absolute atomic E-state index is 7.34. The minimum atomic E-state index is -0.0372.